The molecule has 1 aliphatic rings. The average molecular weight is 160 g/mol. The maximum Gasteiger partial charge on any atom is 0.221 e. The Bertz CT molecular complexity index is 92.6. The number of carbonyl (C=O) groups is 1. The van der Waals surface area contributed by atoms with Crippen molar-refractivity contribution < 1.29 is 4.79 Å². The molecule has 1 amide bonds. The summed E-state index contributed by atoms with van der Waals surface area (Å²) >= 11 is 0. The Hall–Kier alpha value is -0.650. The third kappa shape index (κ3) is 7.24. The maximum atomic E-state index is 8.94. The van der Waals surface area contributed by atoms with Crippen molar-refractivity contribution in [3.05, 3.63) is 0 Å². The Balaban J connectivity index is 0.000000218. The molecule has 0 saturated carbocycles. The SMILES string of the molecule is CN1CCNCC1.NNC=O. The van der Waals surface area contributed by atoms with E-state index in [1.54, 1.807) is 5.43 Å². The third-order valence-corrected chi connectivity index (χ3v) is 1.41. The Labute approximate surface area is 66.9 Å². The predicted molar refractivity (Wildman–Crippen MR) is 43.8 cm³/mol. The van der Waals surface area contributed by atoms with Gasteiger partial charge in [0.2, 0.25) is 6.41 Å². The predicted octanol–water partition coefficient (Wildman–Crippen LogP) is -1.87. The van der Waals surface area contributed by atoms with E-state index in [1.165, 1.54) is 13.1 Å². The zero-order valence-electron chi connectivity index (χ0n) is 6.84. The first-order valence-corrected chi connectivity index (χ1v) is 3.60. The summed E-state index contributed by atoms with van der Waals surface area (Å²) in [5.41, 5.74) is 1.75. The van der Waals surface area contributed by atoms with E-state index in [4.69, 9.17) is 4.79 Å². The number of rotatable bonds is 1. The van der Waals surface area contributed by atoms with Gasteiger partial charge < -0.3 is 10.2 Å². The molecular formula is C6H16N4O. The smallest absolute Gasteiger partial charge is 0.221 e. The first kappa shape index (κ1) is 10.3. The summed E-state index contributed by atoms with van der Waals surface area (Å²) < 4.78 is 0. The van der Waals surface area contributed by atoms with E-state index in [0.717, 1.165) is 13.1 Å². The number of nitrogens with two attached hydrogens (primary N) is 1. The van der Waals surface area contributed by atoms with Crippen LogP contribution >= 0.6 is 0 Å². The second-order valence-electron chi connectivity index (χ2n) is 2.34. The number of hydrazine groups is 1. The second kappa shape index (κ2) is 7.46. The highest BCUT2D eigenvalue weighted by Crippen LogP contribution is 1.82. The van der Waals surface area contributed by atoms with E-state index in [9.17, 15) is 0 Å². The molecule has 66 valence electrons. The lowest BCUT2D eigenvalue weighted by molar-refractivity contribution is -0.109. The minimum Gasteiger partial charge on any atom is -0.314 e. The highest BCUT2D eigenvalue weighted by molar-refractivity contribution is 5.44. The molecule has 5 heteroatoms. The molecule has 1 saturated heterocycles. The van der Waals surface area contributed by atoms with Crippen LogP contribution in [0.1, 0.15) is 0 Å². The fourth-order valence-electron chi connectivity index (χ4n) is 0.777. The van der Waals surface area contributed by atoms with Gasteiger partial charge in [0.05, 0.1) is 0 Å². The molecule has 1 heterocycles. The molecule has 5 nitrogen and oxygen atoms in total. The number of likely N-dealkylation sites (N-methyl/N-ethyl adjacent to an activating group) is 1. The van der Waals surface area contributed by atoms with E-state index in [-0.39, 0.29) is 0 Å². The van der Waals surface area contributed by atoms with E-state index >= 15 is 0 Å². The lowest BCUT2D eigenvalue weighted by atomic mass is 10.4. The van der Waals surface area contributed by atoms with Gasteiger partial charge in [0.15, 0.2) is 0 Å². The van der Waals surface area contributed by atoms with Crippen LogP contribution in [0, 0.1) is 0 Å². The Kier molecular flexibility index (Phi) is 7.02. The van der Waals surface area contributed by atoms with Gasteiger partial charge >= 0.3 is 0 Å². The molecule has 0 spiro atoms. The molecule has 0 aromatic carbocycles. The van der Waals surface area contributed by atoms with Crippen molar-refractivity contribution in [2.45, 2.75) is 0 Å². The van der Waals surface area contributed by atoms with Crippen molar-refractivity contribution in [3.63, 3.8) is 0 Å². The number of nitrogens with zero attached hydrogens (tertiary/aromatic N) is 1. The van der Waals surface area contributed by atoms with Crippen LogP contribution < -0.4 is 16.6 Å². The van der Waals surface area contributed by atoms with Gasteiger partial charge in [-0.15, -0.1) is 0 Å². The summed E-state index contributed by atoms with van der Waals surface area (Å²) in [6.07, 6.45) is 0.403. The lowest BCUT2D eigenvalue weighted by Gasteiger charge is -2.21. The largest absolute Gasteiger partial charge is 0.314 e. The quantitative estimate of drug-likeness (QED) is 0.182. The van der Waals surface area contributed by atoms with Gasteiger partial charge in [-0.3, -0.25) is 10.2 Å². The van der Waals surface area contributed by atoms with Crippen molar-refractivity contribution in [2.24, 2.45) is 5.84 Å². The maximum absolute atomic E-state index is 8.94. The van der Waals surface area contributed by atoms with Gasteiger partial charge in [-0.05, 0) is 7.05 Å². The number of hydrogen-bond acceptors (Lipinski definition) is 4. The molecule has 1 rings (SSSR count). The standard InChI is InChI=1S/C5H12N2.CH4N2O/c1-7-4-2-6-3-5-7;2-3-1-4/h6H,2-5H2,1H3;1H,2H2,(H,3,4). The lowest BCUT2D eigenvalue weighted by Crippen LogP contribution is -2.40. The van der Waals surface area contributed by atoms with Gasteiger partial charge in [-0.1, -0.05) is 0 Å². The number of hydrogen-bond donors (Lipinski definition) is 3. The molecule has 0 unspecified atom stereocenters. The summed E-state index contributed by atoms with van der Waals surface area (Å²) in [4.78, 5) is 11.3. The fraction of sp³-hybridized carbons (Fsp3) is 0.833. The highest BCUT2D eigenvalue weighted by Gasteiger charge is 2.01. The van der Waals surface area contributed by atoms with Gasteiger partial charge in [-0.25, -0.2) is 5.84 Å². The molecule has 11 heavy (non-hydrogen) atoms. The minimum absolute atomic E-state index is 0.403. The monoisotopic (exact) mass is 160 g/mol. The molecule has 0 aromatic heterocycles. The summed E-state index contributed by atoms with van der Waals surface area (Å²) in [5, 5.41) is 3.27. The second-order valence-corrected chi connectivity index (χ2v) is 2.34. The molecule has 0 bridgehead atoms. The molecule has 0 atom stereocenters. The van der Waals surface area contributed by atoms with Crippen LogP contribution in [0.2, 0.25) is 0 Å². The van der Waals surface area contributed by atoms with Crippen molar-refractivity contribution in [1.29, 1.82) is 0 Å². The van der Waals surface area contributed by atoms with Crippen molar-refractivity contribution in [2.75, 3.05) is 33.2 Å². The van der Waals surface area contributed by atoms with Crippen LogP contribution in [0.5, 0.6) is 0 Å². The van der Waals surface area contributed by atoms with Crippen LogP contribution in [-0.4, -0.2) is 44.5 Å². The summed E-state index contributed by atoms with van der Waals surface area (Å²) in [5.74, 6) is 4.41. The van der Waals surface area contributed by atoms with Crippen molar-refractivity contribution >= 4 is 6.41 Å². The van der Waals surface area contributed by atoms with Gasteiger partial charge in [0.1, 0.15) is 0 Å². The van der Waals surface area contributed by atoms with Gasteiger partial charge in [0, 0.05) is 26.2 Å². The molecular weight excluding hydrogens is 144 g/mol. The Morgan fingerprint density at radius 2 is 2.00 bits per heavy atom. The van der Waals surface area contributed by atoms with Crippen LogP contribution in [0.3, 0.4) is 0 Å². The zero-order chi connectivity index (χ0) is 8.53. The molecule has 1 fully saturated rings. The van der Waals surface area contributed by atoms with Gasteiger partial charge in [0.25, 0.3) is 0 Å². The molecule has 1 aliphatic heterocycles. The highest BCUT2D eigenvalue weighted by atomic mass is 16.1. The molecule has 0 aromatic rings. The molecule has 0 radical (unpaired) electrons. The zero-order valence-corrected chi connectivity index (χ0v) is 6.84. The van der Waals surface area contributed by atoms with Crippen molar-refractivity contribution in [3.8, 4) is 0 Å². The number of piperazine rings is 1. The minimum atomic E-state index is 0.403. The van der Waals surface area contributed by atoms with E-state index in [0.29, 0.717) is 6.41 Å². The average Bonchev–Trinajstić information content (AvgIpc) is 2.07. The third-order valence-electron chi connectivity index (χ3n) is 1.41. The number of nitrogens with one attached hydrogen (secondary N) is 2. The van der Waals surface area contributed by atoms with E-state index in [1.807, 2.05) is 0 Å². The fourth-order valence-corrected chi connectivity index (χ4v) is 0.777. The summed E-state index contributed by atoms with van der Waals surface area (Å²) in [6.45, 7) is 4.74. The first-order valence-electron chi connectivity index (χ1n) is 3.60. The normalized spacial score (nSPS) is 18.0. The topological polar surface area (TPSA) is 70.4 Å². The summed E-state index contributed by atoms with van der Waals surface area (Å²) in [7, 11) is 2.15. The number of amides is 1. The Morgan fingerprint density at radius 1 is 1.55 bits per heavy atom. The van der Waals surface area contributed by atoms with E-state index < -0.39 is 0 Å². The van der Waals surface area contributed by atoms with E-state index in [2.05, 4.69) is 23.1 Å². The molecule has 4 N–H and O–H groups in total. The Morgan fingerprint density at radius 3 is 2.18 bits per heavy atom. The van der Waals surface area contributed by atoms with Crippen LogP contribution in [-0.2, 0) is 4.79 Å². The molecule has 0 aliphatic carbocycles. The van der Waals surface area contributed by atoms with Crippen LogP contribution in [0.25, 0.3) is 0 Å². The first-order chi connectivity index (χ1) is 5.31. The van der Waals surface area contributed by atoms with Crippen molar-refractivity contribution in [1.82, 2.24) is 15.6 Å². The van der Waals surface area contributed by atoms with Crippen LogP contribution in [0.15, 0.2) is 0 Å². The van der Waals surface area contributed by atoms with Crippen LogP contribution in [0.4, 0.5) is 0 Å². The number of carbonyl (C=O) groups excluding carboxylic acids is 1. The van der Waals surface area contributed by atoms with Gasteiger partial charge in [-0.2, -0.15) is 0 Å². The summed E-state index contributed by atoms with van der Waals surface area (Å²) in [6, 6.07) is 0.